The van der Waals surface area contributed by atoms with E-state index in [1.807, 2.05) is 0 Å². The number of amides is 2. The van der Waals surface area contributed by atoms with Crippen molar-refractivity contribution in [1.29, 1.82) is 0 Å². The third kappa shape index (κ3) is 6.55. The average Bonchev–Trinajstić information content (AvgIpc) is 3.24. The minimum atomic E-state index is -0.841. The van der Waals surface area contributed by atoms with Crippen molar-refractivity contribution >= 4 is 45.6 Å². The Bertz CT molecular complexity index is 1220. The van der Waals surface area contributed by atoms with Crippen LogP contribution < -0.4 is 26.4 Å². The Kier molecular flexibility index (Phi) is 8.92. The van der Waals surface area contributed by atoms with Gasteiger partial charge in [-0.1, -0.05) is 11.3 Å². The summed E-state index contributed by atoms with van der Waals surface area (Å²) in [6.07, 6.45) is 0. The number of nitrogens with two attached hydrogens (primary N) is 2. The Morgan fingerprint density at radius 2 is 1.81 bits per heavy atom. The van der Waals surface area contributed by atoms with Gasteiger partial charge in [-0.25, -0.2) is 9.37 Å². The van der Waals surface area contributed by atoms with Crippen LogP contribution in [0.3, 0.4) is 0 Å². The molecule has 12 heteroatoms. The average molecular weight is 516 g/mol. The van der Waals surface area contributed by atoms with Gasteiger partial charge in [-0.2, -0.15) is 0 Å². The standard InChI is InChI=1S/C24H26FN5O5S/c1-14(23(27)33)30(17-7-5-16(25)6-8-17)24-29-22(26)21(36-24)20(32)15-3-9-18(10-4-15)35-13-19(31)28-11-12-34-2/h3-10,14H,11-13,26H2,1-2H3,(H2,27,33)(H,28,31). The highest BCUT2D eigenvalue weighted by molar-refractivity contribution is 7.18. The Hall–Kier alpha value is -4.03. The molecule has 0 bridgehead atoms. The number of ketones is 1. The van der Waals surface area contributed by atoms with E-state index in [1.165, 1.54) is 36.3 Å². The number of rotatable bonds is 12. The van der Waals surface area contributed by atoms with Gasteiger partial charge in [0.15, 0.2) is 11.7 Å². The fourth-order valence-corrected chi connectivity index (χ4v) is 4.19. The summed E-state index contributed by atoms with van der Waals surface area (Å²) in [5.41, 5.74) is 12.3. The first kappa shape index (κ1) is 26.6. The van der Waals surface area contributed by atoms with Crippen LogP contribution in [-0.2, 0) is 14.3 Å². The van der Waals surface area contributed by atoms with Crippen LogP contribution in [0.4, 0.5) is 21.0 Å². The summed E-state index contributed by atoms with van der Waals surface area (Å²) in [5, 5.41) is 2.90. The summed E-state index contributed by atoms with van der Waals surface area (Å²) in [7, 11) is 1.54. The topological polar surface area (TPSA) is 150 Å². The maximum Gasteiger partial charge on any atom is 0.258 e. The molecule has 1 heterocycles. The highest BCUT2D eigenvalue weighted by Gasteiger charge is 2.27. The maximum atomic E-state index is 13.4. The molecule has 2 amide bonds. The van der Waals surface area contributed by atoms with Gasteiger partial charge in [0, 0.05) is 24.9 Å². The van der Waals surface area contributed by atoms with Crippen molar-refractivity contribution in [2.75, 3.05) is 37.5 Å². The quantitative estimate of drug-likeness (QED) is 0.246. The number of benzene rings is 2. The highest BCUT2D eigenvalue weighted by atomic mass is 32.1. The van der Waals surface area contributed by atoms with E-state index in [0.717, 1.165) is 11.3 Å². The molecule has 0 spiro atoms. The highest BCUT2D eigenvalue weighted by Crippen LogP contribution is 2.36. The van der Waals surface area contributed by atoms with E-state index >= 15 is 0 Å². The lowest BCUT2D eigenvalue weighted by Gasteiger charge is -2.26. The third-order valence-electron chi connectivity index (χ3n) is 5.07. The molecular weight excluding hydrogens is 489 g/mol. The molecule has 0 saturated carbocycles. The number of nitrogens with zero attached hydrogens (tertiary/aromatic N) is 2. The number of carbonyl (C=O) groups is 3. The van der Waals surface area contributed by atoms with Gasteiger partial charge in [0.2, 0.25) is 11.7 Å². The first-order chi connectivity index (χ1) is 17.2. The first-order valence-electron chi connectivity index (χ1n) is 10.8. The van der Waals surface area contributed by atoms with Crippen LogP contribution in [0.15, 0.2) is 48.5 Å². The molecule has 0 saturated heterocycles. The minimum absolute atomic E-state index is 0.0168. The van der Waals surface area contributed by atoms with Crippen molar-refractivity contribution in [2.45, 2.75) is 13.0 Å². The van der Waals surface area contributed by atoms with Gasteiger partial charge < -0.3 is 31.2 Å². The molecule has 1 atom stereocenters. The van der Waals surface area contributed by atoms with E-state index in [-0.39, 0.29) is 34.1 Å². The van der Waals surface area contributed by atoms with Crippen molar-refractivity contribution in [2.24, 2.45) is 5.73 Å². The number of primary amides is 1. The third-order valence-corrected chi connectivity index (χ3v) is 6.14. The number of thiazole rings is 1. The van der Waals surface area contributed by atoms with E-state index in [9.17, 15) is 18.8 Å². The molecule has 1 unspecified atom stereocenters. The first-order valence-corrected chi connectivity index (χ1v) is 11.7. The van der Waals surface area contributed by atoms with Crippen LogP contribution >= 0.6 is 11.3 Å². The van der Waals surface area contributed by atoms with Gasteiger partial charge in [0.1, 0.15) is 28.3 Å². The zero-order chi connectivity index (χ0) is 26.2. The molecule has 36 heavy (non-hydrogen) atoms. The lowest BCUT2D eigenvalue weighted by Crippen LogP contribution is -2.39. The van der Waals surface area contributed by atoms with Gasteiger partial charge in [0.25, 0.3) is 5.91 Å². The van der Waals surface area contributed by atoms with Crippen molar-refractivity contribution < 1.29 is 28.2 Å². The van der Waals surface area contributed by atoms with Crippen molar-refractivity contribution in [3.63, 3.8) is 0 Å². The second-order valence-electron chi connectivity index (χ2n) is 7.62. The van der Waals surface area contributed by atoms with E-state index < -0.39 is 17.8 Å². The number of anilines is 3. The molecule has 10 nitrogen and oxygen atoms in total. The van der Waals surface area contributed by atoms with E-state index in [1.54, 1.807) is 31.2 Å². The van der Waals surface area contributed by atoms with Crippen LogP contribution in [0, 0.1) is 5.82 Å². The molecule has 0 radical (unpaired) electrons. The van der Waals surface area contributed by atoms with E-state index in [4.69, 9.17) is 20.9 Å². The molecule has 0 fully saturated rings. The van der Waals surface area contributed by atoms with Gasteiger partial charge in [0.05, 0.1) is 6.61 Å². The summed E-state index contributed by atoms with van der Waals surface area (Å²) < 4.78 is 23.7. The van der Waals surface area contributed by atoms with Gasteiger partial charge in [-0.15, -0.1) is 0 Å². The van der Waals surface area contributed by atoms with Crippen molar-refractivity contribution in [3.05, 3.63) is 64.8 Å². The molecule has 0 aliphatic carbocycles. The number of methoxy groups -OCH3 is 1. The number of ether oxygens (including phenoxy) is 2. The molecule has 3 aromatic rings. The van der Waals surface area contributed by atoms with E-state index in [2.05, 4.69) is 10.3 Å². The largest absolute Gasteiger partial charge is 0.484 e. The number of aromatic nitrogens is 1. The van der Waals surface area contributed by atoms with Crippen molar-refractivity contribution in [3.8, 4) is 5.75 Å². The van der Waals surface area contributed by atoms with Gasteiger partial charge in [-0.3, -0.25) is 14.4 Å². The second-order valence-corrected chi connectivity index (χ2v) is 8.60. The molecule has 5 N–H and O–H groups in total. The predicted molar refractivity (Wildman–Crippen MR) is 134 cm³/mol. The fourth-order valence-electron chi connectivity index (χ4n) is 3.14. The van der Waals surface area contributed by atoms with Crippen LogP contribution in [0.1, 0.15) is 22.2 Å². The van der Waals surface area contributed by atoms with Crippen LogP contribution in [0.25, 0.3) is 0 Å². The lowest BCUT2D eigenvalue weighted by atomic mass is 10.1. The SMILES string of the molecule is COCCNC(=O)COc1ccc(C(=O)c2sc(N(c3ccc(F)cc3)C(C)C(N)=O)nc2N)cc1. The van der Waals surface area contributed by atoms with Gasteiger partial charge >= 0.3 is 0 Å². The molecule has 3 rings (SSSR count). The second kappa shape index (κ2) is 12.1. The van der Waals surface area contributed by atoms with Crippen LogP contribution in [-0.4, -0.2) is 55.5 Å². The summed E-state index contributed by atoms with van der Waals surface area (Å²) in [6, 6.07) is 10.8. The minimum Gasteiger partial charge on any atom is -0.484 e. The summed E-state index contributed by atoms with van der Waals surface area (Å²) in [4.78, 5) is 42.7. The molecule has 0 aliphatic heterocycles. The Balaban J connectivity index is 1.77. The lowest BCUT2D eigenvalue weighted by molar-refractivity contribution is -0.123. The zero-order valence-corrected chi connectivity index (χ0v) is 20.5. The Morgan fingerprint density at radius 3 is 2.42 bits per heavy atom. The Labute approximate surface area is 211 Å². The van der Waals surface area contributed by atoms with Crippen LogP contribution in [0.2, 0.25) is 0 Å². The predicted octanol–water partition coefficient (Wildman–Crippen LogP) is 2.25. The Morgan fingerprint density at radius 1 is 1.14 bits per heavy atom. The molecule has 0 aliphatic rings. The number of hydrogen-bond acceptors (Lipinski definition) is 9. The summed E-state index contributed by atoms with van der Waals surface area (Å²) in [6.45, 7) is 2.16. The number of carbonyl (C=O) groups excluding carboxylic acids is 3. The summed E-state index contributed by atoms with van der Waals surface area (Å²) in [5.74, 6) is -1.37. The molecule has 190 valence electrons. The molecule has 2 aromatic carbocycles. The van der Waals surface area contributed by atoms with Crippen molar-refractivity contribution in [1.82, 2.24) is 10.3 Å². The maximum absolute atomic E-state index is 13.4. The zero-order valence-electron chi connectivity index (χ0n) is 19.7. The number of nitrogens with one attached hydrogen (secondary N) is 1. The fraction of sp³-hybridized carbons (Fsp3) is 0.250. The summed E-state index contributed by atoms with van der Waals surface area (Å²) >= 11 is 0.987. The molecular formula is C24H26FN5O5S. The van der Waals surface area contributed by atoms with Crippen LogP contribution in [0.5, 0.6) is 5.75 Å². The number of hydrogen-bond donors (Lipinski definition) is 3. The molecule has 1 aromatic heterocycles. The van der Waals surface area contributed by atoms with Gasteiger partial charge in [-0.05, 0) is 55.5 Å². The monoisotopic (exact) mass is 515 g/mol. The van der Waals surface area contributed by atoms with E-state index in [0.29, 0.717) is 30.2 Å². The normalized spacial score (nSPS) is 11.5. The number of halogens is 1. The number of nitrogen functional groups attached to an aromatic ring is 1. The smallest absolute Gasteiger partial charge is 0.258 e.